The van der Waals surface area contributed by atoms with Crippen LogP contribution < -0.4 is 14.8 Å². The van der Waals surface area contributed by atoms with Gasteiger partial charge in [0.15, 0.2) is 11.5 Å². The standard InChI is InChI=1S/C26H32ClNO6/c1-18-8-11-26(12-9-18,25(30)31)28-24(29)20-6-7-22(34-15-14-32-2)23(17-20)33-13-10-19-4-3-5-21(27)16-19/h3-7,16-18H,8-15H2,1-2H3,(H,28,29)(H,30,31)/t18-,26-. The average Bonchev–Trinajstić information content (AvgIpc) is 2.81. The lowest BCUT2D eigenvalue weighted by Gasteiger charge is -2.36. The van der Waals surface area contributed by atoms with Crippen molar-refractivity contribution in [1.82, 2.24) is 5.32 Å². The van der Waals surface area contributed by atoms with E-state index in [-0.39, 0.29) is 0 Å². The summed E-state index contributed by atoms with van der Waals surface area (Å²) in [5.74, 6) is -0.0932. The van der Waals surface area contributed by atoms with Crippen LogP contribution >= 0.6 is 11.6 Å². The summed E-state index contributed by atoms with van der Waals surface area (Å²) in [5, 5.41) is 13.3. The maximum absolute atomic E-state index is 13.1. The molecule has 0 heterocycles. The number of aliphatic carboxylic acids is 1. The second-order valence-electron chi connectivity index (χ2n) is 8.76. The predicted molar refractivity (Wildman–Crippen MR) is 130 cm³/mol. The number of methoxy groups -OCH3 is 1. The van der Waals surface area contributed by atoms with Crippen LogP contribution in [0.3, 0.4) is 0 Å². The number of hydrogen-bond donors (Lipinski definition) is 2. The van der Waals surface area contributed by atoms with Gasteiger partial charge in [0.2, 0.25) is 0 Å². The third kappa shape index (κ3) is 6.87. The minimum absolute atomic E-state index is 0.316. The molecule has 0 atom stereocenters. The Hall–Kier alpha value is -2.77. The van der Waals surface area contributed by atoms with Crippen molar-refractivity contribution in [2.75, 3.05) is 26.9 Å². The molecule has 7 nitrogen and oxygen atoms in total. The van der Waals surface area contributed by atoms with E-state index in [2.05, 4.69) is 12.2 Å². The smallest absolute Gasteiger partial charge is 0.329 e. The molecule has 2 aromatic rings. The van der Waals surface area contributed by atoms with Crippen molar-refractivity contribution in [3.63, 3.8) is 0 Å². The number of carboxylic acid groups (broad SMARTS) is 1. The highest BCUT2D eigenvalue weighted by Gasteiger charge is 2.42. The van der Waals surface area contributed by atoms with Gasteiger partial charge in [-0.25, -0.2) is 4.79 Å². The van der Waals surface area contributed by atoms with Crippen LogP contribution in [0.4, 0.5) is 0 Å². The third-order valence-electron chi connectivity index (χ3n) is 6.18. The van der Waals surface area contributed by atoms with Crippen LogP contribution in [0.15, 0.2) is 42.5 Å². The van der Waals surface area contributed by atoms with Crippen LogP contribution in [0.1, 0.15) is 48.5 Å². The molecule has 34 heavy (non-hydrogen) atoms. The Bertz CT molecular complexity index is 987. The molecule has 1 fully saturated rings. The van der Waals surface area contributed by atoms with Gasteiger partial charge in [0.1, 0.15) is 12.1 Å². The van der Waals surface area contributed by atoms with Gasteiger partial charge in [-0.15, -0.1) is 0 Å². The number of carboxylic acids is 1. The van der Waals surface area contributed by atoms with Gasteiger partial charge in [-0.3, -0.25) is 4.79 Å². The normalized spacial score (nSPS) is 19.9. The van der Waals surface area contributed by atoms with Crippen molar-refractivity contribution in [2.24, 2.45) is 5.92 Å². The Labute approximate surface area is 205 Å². The maximum Gasteiger partial charge on any atom is 0.329 e. The molecule has 8 heteroatoms. The molecule has 1 saturated carbocycles. The number of amides is 1. The summed E-state index contributed by atoms with van der Waals surface area (Å²) < 4.78 is 16.8. The molecular formula is C26H32ClNO6. The summed E-state index contributed by atoms with van der Waals surface area (Å²) in [6, 6.07) is 12.4. The molecule has 2 N–H and O–H groups in total. The molecule has 0 aliphatic heterocycles. The Morgan fingerprint density at radius 1 is 1.06 bits per heavy atom. The molecule has 0 aromatic heterocycles. The van der Waals surface area contributed by atoms with Crippen molar-refractivity contribution in [2.45, 2.75) is 44.6 Å². The van der Waals surface area contributed by atoms with Crippen molar-refractivity contribution in [3.05, 3.63) is 58.6 Å². The van der Waals surface area contributed by atoms with Crippen LogP contribution in [-0.4, -0.2) is 49.5 Å². The lowest BCUT2D eigenvalue weighted by atomic mass is 9.77. The first-order chi connectivity index (χ1) is 16.3. The molecule has 0 saturated heterocycles. The van der Waals surface area contributed by atoms with E-state index in [0.717, 1.165) is 18.4 Å². The Kier molecular flexibility index (Phi) is 9.19. The molecule has 0 radical (unpaired) electrons. The number of benzene rings is 2. The number of rotatable bonds is 11. The zero-order valence-corrected chi connectivity index (χ0v) is 20.4. The second-order valence-corrected chi connectivity index (χ2v) is 9.19. The van der Waals surface area contributed by atoms with Gasteiger partial charge in [-0.1, -0.05) is 30.7 Å². The first kappa shape index (κ1) is 25.8. The maximum atomic E-state index is 13.1. The number of halogens is 1. The van der Waals surface area contributed by atoms with Crippen molar-refractivity contribution < 1.29 is 28.9 Å². The van der Waals surface area contributed by atoms with Gasteiger partial charge in [0, 0.05) is 24.1 Å². The number of carbonyl (C=O) groups excluding carboxylic acids is 1. The molecule has 3 rings (SSSR count). The fourth-order valence-electron chi connectivity index (χ4n) is 4.02. The zero-order valence-electron chi connectivity index (χ0n) is 19.6. The van der Waals surface area contributed by atoms with E-state index in [1.165, 1.54) is 0 Å². The average molecular weight is 490 g/mol. The molecule has 0 spiro atoms. The lowest BCUT2D eigenvalue weighted by Crippen LogP contribution is -2.56. The van der Waals surface area contributed by atoms with Gasteiger partial charge in [0.05, 0.1) is 13.2 Å². The molecule has 1 amide bonds. The third-order valence-corrected chi connectivity index (χ3v) is 6.41. The molecule has 1 aliphatic carbocycles. The second kappa shape index (κ2) is 12.1. The summed E-state index contributed by atoms with van der Waals surface area (Å²) in [6.45, 7) is 3.18. The van der Waals surface area contributed by atoms with Gasteiger partial charge in [0.25, 0.3) is 5.91 Å². The summed E-state index contributed by atoms with van der Waals surface area (Å²) in [7, 11) is 1.59. The van der Waals surface area contributed by atoms with Crippen LogP contribution in [0.5, 0.6) is 11.5 Å². The highest BCUT2D eigenvalue weighted by Crippen LogP contribution is 2.33. The Morgan fingerprint density at radius 2 is 1.79 bits per heavy atom. The number of hydrogen-bond acceptors (Lipinski definition) is 5. The van der Waals surface area contributed by atoms with E-state index in [4.69, 9.17) is 25.8 Å². The van der Waals surface area contributed by atoms with E-state index in [1.807, 2.05) is 24.3 Å². The van der Waals surface area contributed by atoms with Crippen molar-refractivity contribution >= 4 is 23.5 Å². The molecule has 2 aromatic carbocycles. The summed E-state index contributed by atoms with van der Waals surface area (Å²) in [6.07, 6.45) is 2.97. The van der Waals surface area contributed by atoms with Gasteiger partial charge in [-0.05, 0) is 67.5 Å². The van der Waals surface area contributed by atoms with E-state index in [1.54, 1.807) is 25.3 Å². The minimum Gasteiger partial charge on any atom is -0.489 e. The minimum atomic E-state index is -1.25. The molecule has 1 aliphatic rings. The van der Waals surface area contributed by atoms with Crippen molar-refractivity contribution in [3.8, 4) is 11.5 Å². The van der Waals surface area contributed by atoms with Crippen LogP contribution in [0.2, 0.25) is 5.02 Å². The zero-order chi connectivity index (χ0) is 24.6. The topological polar surface area (TPSA) is 94.1 Å². The fraction of sp³-hybridized carbons (Fsp3) is 0.462. The fourth-order valence-corrected chi connectivity index (χ4v) is 4.24. The molecule has 0 unspecified atom stereocenters. The number of ether oxygens (including phenoxy) is 3. The van der Waals surface area contributed by atoms with E-state index >= 15 is 0 Å². The summed E-state index contributed by atoms with van der Waals surface area (Å²) >= 11 is 6.06. The highest BCUT2D eigenvalue weighted by molar-refractivity contribution is 6.30. The van der Waals surface area contributed by atoms with Crippen LogP contribution in [0.25, 0.3) is 0 Å². The Morgan fingerprint density at radius 3 is 2.47 bits per heavy atom. The first-order valence-corrected chi connectivity index (χ1v) is 11.9. The van der Waals surface area contributed by atoms with Gasteiger partial charge < -0.3 is 24.6 Å². The largest absolute Gasteiger partial charge is 0.489 e. The van der Waals surface area contributed by atoms with E-state index in [9.17, 15) is 14.7 Å². The lowest BCUT2D eigenvalue weighted by molar-refractivity contribution is -0.146. The first-order valence-electron chi connectivity index (χ1n) is 11.5. The summed E-state index contributed by atoms with van der Waals surface area (Å²) in [5.41, 5.74) is 0.0967. The van der Waals surface area contributed by atoms with Crippen molar-refractivity contribution in [1.29, 1.82) is 0 Å². The predicted octanol–water partition coefficient (Wildman–Crippen LogP) is 4.75. The van der Waals surface area contributed by atoms with E-state index < -0.39 is 17.4 Å². The monoisotopic (exact) mass is 489 g/mol. The van der Waals surface area contributed by atoms with Gasteiger partial charge >= 0.3 is 5.97 Å². The number of nitrogens with one attached hydrogen (secondary N) is 1. The summed E-state index contributed by atoms with van der Waals surface area (Å²) in [4.78, 5) is 25.1. The quantitative estimate of drug-likeness (QED) is 0.442. The SMILES string of the molecule is COCCOc1ccc(C(=O)N[C@]2(C(=O)O)CC[C@@H](C)CC2)cc1OCCc1cccc(Cl)c1. The molecular weight excluding hydrogens is 458 g/mol. The van der Waals surface area contributed by atoms with Crippen LogP contribution in [-0.2, 0) is 16.0 Å². The van der Waals surface area contributed by atoms with E-state index in [0.29, 0.717) is 67.1 Å². The highest BCUT2D eigenvalue weighted by atomic mass is 35.5. The Balaban J connectivity index is 1.74. The molecule has 0 bridgehead atoms. The van der Waals surface area contributed by atoms with Gasteiger partial charge in [-0.2, -0.15) is 0 Å². The number of carbonyl (C=O) groups is 2. The van der Waals surface area contributed by atoms with Crippen LogP contribution in [0, 0.1) is 5.92 Å². The molecule has 184 valence electrons.